The molecule has 0 unspecified atom stereocenters. The van der Waals surface area contributed by atoms with Gasteiger partial charge >= 0.3 is 11.6 Å². The Bertz CT molecular complexity index is 2700. The number of fused-ring (bicyclic) bond motifs is 6. The van der Waals surface area contributed by atoms with Crippen molar-refractivity contribution in [2.45, 2.75) is 104 Å². The molecule has 4 atom stereocenters. The van der Waals surface area contributed by atoms with Gasteiger partial charge in [0.2, 0.25) is 17.7 Å². The topological polar surface area (TPSA) is 167 Å². The van der Waals surface area contributed by atoms with Crippen molar-refractivity contribution in [1.29, 1.82) is 0 Å². The molecule has 3 N–H and O–H groups in total. The average molecular weight is 1080 g/mol. The van der Waals surface area contributed by atoms with Crippen LogP contribution in [0.5, 0.6) is 5.75 Å². The van der Waals surface area contributed by atoms with Gasteiger partial charge in [0.15, 0.2) is 0 Å². The molecular formula is C54H75N7O8S4. The zero-order chi connectivity index (χ0) is 49.9. The number of benzene rings is 3. The third-order valence-corrected chi connectivity index (χ3v) is 13.8. The van der Waals surface area contributed by atoms with Gasteiger partial charge in [0.05, 0.1) is 30.3 Å². The van der Waals surface area contributed by atoms with Crippen molar-refractivity contribution in [3.8, 4) is 28.1 Å². The fourth-order valence-corrected chi connectivity index (χ4v) is 10.3. The Hall–Kier alpha value is -5.10. The Morgan fingerprint density at radius 3 is 2.42 bits per heavy atom. The number of nitrogens with one attached hydrogen (secondary N) is 2. The van der Waals surface area contributed by atoms with E-state index in [-0.39, 0.29) is 104 Å². The number of aromatic nitrogens is 1. The van der Waals surface area contributed by atoms with Gasteiger partial charge in [-0.2, -0.15) is 54.0 Å². The summed E-state index contributed by atoms with van der Waals surface area (Å²) in [6.07, 6.45) is 3.65. The Kier molecular flexibility index (Phi) is 22.1. The second-order valence-electron chi connectivity index (χ2n) is 20.4. The van der Waals surface area contributed by atoms with Crippen LogP contribution in [-0.2, 0) is 58.4 Å². The first kappa shape index (κ1) is 62.2. The molecule has 19 heteroatoms. The minimum absolute atomic E-state index is 0. The van der Waals surface area contributed by atoms with Crippen molar-refractivity contribution in [1.82, 2.24) is 30.1 Å². The van der Waals surface area contributed by atoms with Crippen LogP contribution in [0.4, 0.5) is 0 Å². The van der Waals surface area contributed by atoms with E-state index in [4.69, 9.17) is 16.0 Å². The molecule has 73 heavy (non-hydrogen) atoms. The first-order valence-corrected chi connectivity index (χ1v) is 24.0. The molecule has 3 aliphatic rings. The number of amides is 4. The maximum absolute atomic E-state index is 14.8. The van der Waals surface area contributed by atoms with Gasteiger partial charge in [0.25, 0.3) is 5.91 Å². The van der Waals surface area contributed by atoms with Gasteiger partial charge in [-0.15, -0.1) is 0 Å². The van der Waals surface area contributed by atoms with Crippen molar-refractivity contribution in [2.24, 2.45) is 17.3 Å². The molecule has 2 saturated heterocycles. The van der Waals surface area contributed by atoms with Gasteiger partial charge in [-0.25, -0.2) is 12.0 Å². The first-order valence-electron chi connectivity index (χ1n) is 24.0. The van der Waals surface area contributed by atoms with Gasteiger partial charge in [-0.1, -0.05) is 70.7 Å². The Morgan fingerprint density at radius 1 is 1.04 bits per heavy atom. The molecule has 0 radical (unpaired) electrons. The van der Waals surface area contributed by atoms with Crippen molar-refractivity contribution < 1.29 is 38.6 Å². The number of hydrogen-bond donors (Lipinski definition) is 3. The van der Waals surface area contributed by atoms with Crippen LogP contribution in [0.25, 0.3) is 38.1 Å². The largest absolute Gasteiger partial charge is 0.508 e. The van der Waals surface area contributed by atoms with E-state index in [2.05, 4.69) is 44.9 Å². The summed E-state index contributed by atoms with van der Waals surface area (Å²) in [5.74, 6) is -3.00. The number of phenolic OH excluding ortho intramolecular Hbond substituents is 1. The lowest BCUT2D eigenvalue weighted by molar-refractivity contribution is -0.155. The first-order chi connectivity index (χ1) is 32.8. The lowest BCUT2D eigenvalue weighted by Gasteiger charge is -2.37. The molecule has 4 heterocycles. The maximum atomic E-state index is 14.8. The number of carbonyl (C=O) groups is 5. The van der Waals surface area contributed by atoms with Crippen LogP contribution in [0.15, 0.2) is 73.3 Å². The average Bonchev–Trinajstić information content (AvgIpc) is 3.95. The molecule has 3 aromatic carbocycles. The molecule has 0 spiro atoms. The maximum Gasteiger partial charge on any atom is 0.324 e. The van der Waals surface area contributed by atoms with E-state index < -0.39 is 52.9 Å². The number of rotatable bonds is 11. The van der Waals surface area contributed by atoms with E-state index in [0.29, 0.717) is 56.4 Å². The standard InChI is InChI=1S/C54H67N7O8.4H2S/c1-11-46(63)59-23-20-37(31-59)50(65)58(9)47(33(2)3)49(64)56-44-27-34-25-38(28-39(62)26-34)36-18-19-45-41(29-36)42(30-53(4,5)32-69-52(67)43-17-14-22-60(57-43)51(44)66)48(61(45)54(6,7)55-8)40-16-13-12-15-35(40)21-24-68-10;;;;/h11-13,15-16,18-19,25-26,28-29,33,37,43-44,47,57,62H,1,14,17,20-24,27,30-32H2,2-7,9-10H3,(H,56,64);4*1H2/t37-,43-,44-,47-;;;;/m0..../s1. The van der Waals surface area contributed by atoms with Gasteiger partial charge in [0, 0.05) is 70.4 Å². The normalized spacial score (nSPS) is 19.1. The highest BCUT2D eigenvalue weighted by Crippen LogP contribution is 2.44. The zero-order valence-electron chi connectivity index (χ0n) is 43.3. The molecule has 4 aromatic rings. The quantitative estimate of drug-likeness (QED) is 0.0807. The predicted molar refractivity (Wildman–Crippen MR) is 306 cm³/mol. The lowest BCUT2D eigenvalue weighted by Crippen LogP contribution is -2.62. The van der Waals surface area contributed by atoms with Crippen LogP contribution in [0.2, 0.25) is 0 Å². The summed E-state index contributed by atoms with van der Waals surface area (Å²) >= 11 is 0. The van der Waals surface area contributed by atoms with Crippen LogP contribution in [0.3, 0.4) is 0 Å². The third-order valence-electron chi connectivity index (χ3n) is 13.8. The van der Waals surface area contributed by atoms with Crippen molar-refractivity contribution in [3.05, 3.63) is 101 Å². The van der Waals surface area contributed by atoms with E-state index in [1.165, 1.54) is 16.0 Å². The van der Waals surface area contributed by atoms with E-state index in [0.717, 1.165) is 38.9 Å². The summed E-state index contributed by atoms with van der Waals surface area (Å²) in [6, 6.07) is 16.3. The number of hydrazine groups is 1. The van der Waals surface area contributed by atoms with E-state index in [1.807, 2.05) is 71.9 Å². The molecule has 0 aliphatic carbocycles. The summed E-state index contributed by atoms with van der Waals surface area (Å²) < 4.78 is 13.8. The molecule has 7 rings (SSSR count). The predicted octanol–water partition coefficient (Wildman–Crippen LogP) is 7.10. The molecule has 398 valence electrons. The zero-order valence-corrected chi connectivity index (χ0v) is 47.3. The molecule has 4 amide bonds. The number of methoxy groups -OCH3 is 1. The Balaban J connectivity index is 0.00000352. The van der Waals surface area contributed by atoms with E-state index in [9.17, 15) is 29.1 Å². The lowest BCUT2D eigenvalue weighted by atomic mass is 9.83. The molecule has 0 saturated carbocycles. The summed E-state index contributed by atoms with van der Waals surface area (Å²) in [5.41, 5.74) is 8.23. The number of hydrogen-bond acceptors (Lipinski definition) is 9. The Morgan fingerprint density at radius 2 is 1.75 bits per heavy atom. The van der Waals surface area contributed by atoms with Crippen LogP contribution in [0.1, 0.15) is 77.5 Å². The van der Waals surface area contributed by atoms with Gasteiger partial charge < -0.3 is 29.7 Å². The number of carbonyl (C=O) groups excluding carboxylic acids is 5. The SMILES string of the molecule is S.S.S.S.[C-]#[N+]C(C)(C)n1c(-c2ccccc2CCOC)c2c3cc(ccc31)-c1cc(O)cc(c1)C[C@H](NC(=O)[C@H](C(C)C)N(C)C(=O)[C@H]1CCN(C(=O)C=C)C1)C(=O)N1CCC[C@H](N1)C(=O)OCC(C)(C)C2. The molecule has 1 aromatic heterocycles. The van der Waals surface area contributed by atoms with Gasteiger partial charge in [0.1, 0.15) is 23.9 Å². The third kappa shape index (κ3) is 13.6. The summed E-state index contributed by atoms with van der Waals surface area (Å²) in [4.78, 5) is 76.8. The summed E-state index contributed by atoms with van der Waals surface area (Å²) in [5, 5.41) is 16.7. The van der Waals surface area contributed by atoms with E-state index >= 15 is 0 Å². The number of likely N-dealkylation sites (tertiary alicyclic amines) is 1. The number of esters is 1. The molecule has 6 bridgehead atoms. The van der Waals surface area contributed by atoms with Crippen molar-refractivity contribution >= 4 is 94.5 Å². The molecule has 2 fully saturated rings. The minimum Gasteiger partial charge on any atom is -0.508 e. The monoisotopic (exact) mass is 1080 g/mol. The number of cyclic esters (lactones) is 1. The second kappa shape index (κ2) is 25.9. The van der Waals surface area contributed by atoms with Crippen LogP contribution < -0.4 is 10.7 Å². The number of nitrogens with zero attached hydrogens (tertiary/aromatic N) is 5. The highest BCUT2D eigenvalue weighted by molar-refractivity contribution is 7.59. The smallest absolute Gasteiger partial charge is 0.324 e. The molecule has 15 nitrogen and oxygen atoms in total. The minimum atomic E-state index is -1.19. The van der Waals surface area contributed by atoms with Crippen molar-refractivity contribution in [3.63, 3.8) is 0 Å². The number of aromatic hydroxyl groups is 1. The summed E-state index contributed by atoms with van der Waals surface area (Å²) in [6.45, 7) is 25.0. The van der Waals surface area contributed by atoms with Crippen LogP contribution in [-0.4, -0.2) is 119 Å². The number of phenols is 1. The fraction of sp³-hybridized carbons (Fsp3) is 0.481. The second-order valence-corrected chi connectivity index (χ2v) is 20.4. The van der Waals surface area contributed by atoms with Gasteiger partial charge in [-0.05, 0) is 96.2 Å². The van der Waals surface area contributed by atoms with Crippen molar-refractivity contribution in [2.75, 3.05) is 47.0 Å². The molecular weight excluding hydrogens is 1000 g/mol. The molecule has 3 aliphatic heterocycles. The Labute approximate surface area is 458 Å². The highest BCUT2D eigenvalue weighted by atomic mass is 32.1. The summed E-state index contributed by atoms with van der Waals surface area (Å²) in [7, 11) is 3.25. The van der Waals surface area contributed by atoms with E-state index in [1.54, 1.807) is 31.2 Å². The number of ether oxygens (including phenoxy) is 2. The highest BCUT2D eigenvalue weighted by Gasteiger charge is 2.41. The van der Waals surface area contributed by atoms with Crippen LogP contribution >= 0.6 is 54.0 Å². The van der Waals surface area contributed by atoms with Gasteiger partial charge in [-0.3, -0.25) is 38.4 Å². The van der Waals surface area contributed by atoms with Crippen LogP contribution in [0, 0.1) is 23.8 Å². The number of likely N-dealkylation sites (N-methyl/N-ethyl adjacent to an activating group) is 1. The fourth-order valence-electron chi connectivity index (χ4n) is 10.3.